The van der Waals surface area contributed by atoms with E-state index in [1.807, 2.05) is 24.3 Å². The van der Waals surface area contributed by atoms with Gasteiger partial charge in [0.15, 0.2) is 0 Å². The van der Waals surface area contributed by atoms with Gasteiger partial charge >= 0.3 is 0 Å². The fraction of sp³-hybridized carbons (Fsp3) is 0.562. The van der Waals surface area contributed by atoms with Crippen molar-refractivity contribution in [2.24, 2.45) is 0 Å². The lowest BCUT2D eigenvalue weighted by Crippen LogP contribution is -2.47. The Kier molecular flexibility index (Phi) is 4.13. The fourth-order valence-electron chi connectivity index (χ4n) is 3.66. The molecule has 0 aromatic heterocycles. The summed E-state index contributed by atoms with van der Waals surface area (Å²) in [5, 5.41) is 0. The summed E-state index contributed by atoms with van der Waals surface area (Å²) in [4.78, 5) is 17.3. The average molecular weight is 337 g/mol. The summed E-state index contributed by atoms with van der Waals surface area (Å²) in [6.45, 7) is 2.06. The summed E-state index contributed by atoms with van der Waals surface area (Å²) in [6, 6.07) is 8.68. The monoisotopic (exact) mass is 336 g/mol. The Morgan fingerprint density at radius 3 is 2.55 bits per heavy atom. The van der Waals surface area contributed by atoms with Crippen molar-refractivity contribution >= 4 is 21.8 Å². The maximum Gasteiger partial charge on any atom is 0.255 e. The molecule has 20 heavy (non-hydrogen) atoms. The van der Waals surface area contributed by atoms with E-state index in [1.54, 1.807) is 0 Å². The van der Waals surface area contributed by atoms with Crippen molar-refractivity contribution in [1.82, 2.24) is 9.80 Å². The predicted molar refractivity (Wildman–Crippen MR) is 83.9 cm³/mol. The first kappa shape index (κ1) is 14.1. The third-order valence-electron chi connectivity index (χ3n) is 4.69. The molecule has 3 nitrogen and oxygen atoms in total. The maximum atomic E-state index is 12.8. The first-order valence-corrected chi connectivity index (χ1v) is 8.23. The number of likely N-dealkylation sites (tertiary alicyclic amines) is 2. The van der Waals surface area contributed by atoms with Gasteiger partial charge in [0, 0.05) is 23.1 Å². The van der Waals surface area contributed by atoms with Gasteiger partial charge in [0.05, 0.1) is 5.56 Å². The lowest BCUT2D eigenvalue weighted by molar-refractivity contribution is 0.0663. The summed E-state index contributed by atoms with van der Waals surface area (Å²) >= 11 is 3.50. The van der Waals surface area contributed by atoms with Crippen molar-refractivity contribution in [3.8, 4) is 0 Å². The maximum absolute atomic E-state index is 12.8. The first-order valence-electron chi connectivity index (χ1n) is 7.44. The van der Waals surface area contributed by atoms with E-state index in [2.05, 4.69) is 32.8 Å². The van der Waals surface area contributed by atoms with Gasteiger partial charge in [0.1, 0.15) is 0 Å². The van der Waals surface area contributed by atoms with Crippen molar-refractivity contribution in [3.63, 3.8) is 0 Å². The number of carbonyl (C=O) groups excluding carboxylic acids is 1. The Morgan fingerprint density at radius 2 is 1.85 bits per heavy atom. The normalized spacial score (nSPS) is 27.2. The SMILES string of the molecule is CN1CCC[C@@H]1[C@H]1CCCN1C(=O)c1ccccc1Br. The Bertz CT molecular complexity index is 505. The van der Waals surface area contributed by atoms with Crippen molar-refractivity contribution in [3.05, 3.63) is 34.3 Å². The zero-order valence-electron chi connectivity index (χ0n) is 11.9. The van der Waals surface area contributed by atoms with Crippen LogP contribution in [0.1, 0.15) is 36.0 Å². The van der Waals surface area contributed by atoms with Gasteiger partial charge in [-0.25, -0.2) is 0 Å². The lowest BCUT2D eigenvalue weighted by atomic mass is 10.0. The minimum Gasteiger partial charge on any atom is -0.334 e. The molecule has 0 spiro atoms. The average Bonchev–Trinajstić information content (AvgIpc) is 3.06. The van der Waals surface area contributed by atoms with E-state index in [4.69, 9.17) is 0 Å². The van der Waals surface area contributed by atoms with Gasteiger partial charge in [0.25, 0.3) is 5.91 Å². The number of amides is 1. The van der Waals surface area contributed by atoms with Crippen LogP contribution in [0.15, 0.2) is 28.7 Å². The van der Waals surface area contributed by atoms with Crippen molar-refractivity contribution in [2.75, 3.05) is 20.1 Å². The van der Waals surface area contributed by atoms with E-state index in [-0.39, 0.29) is 5.91 Å². The highest BCUT2D eigenvalue weighted by atomic mass is 79.9. The second-order valence-electron chi connectivity index (χ2n) is 5.88. The fourth-order valence-corrected chi connectivity index (χ4v) is 4.11. The summed E-state index contributed by atoms with van der Waals surface area (Å²) in [5.74, 6) is 0.181. The molecule has 2 fully saturated rings. The molecule has 0 unspecified atom stereocenters. The van der Waals surface area contributed by atoms with Gasteiger partial charge in [0.2, 0.25) is 0 Å². The van der Waals surface area contributed by atoms with E-state index in [9.17, 15) is 4.79 Å². The molecule has 0 N–H and O–H groups in total. The van der Waals surface area contributed by atoms with Gasteiger partial charge in [-0.3, -0.25) is 4.79 Å². The number of hydrogen-bond donors (Lipinski definition) is 0. The second-order valence-corrected chi connectivity index (χ2v) is 6.73. The molecule has 2 atom stereocenters. The van der Waals surface area contributed by atoms with E-state index in [1.165, 1.54) is 12.8 Å². The molecule has 2 aliphatic heterocycles. The number of halogens is 1. The largest absolute Gasteiger partial charge is 0.334 e. The molecule has 1 aromatic carbocycles. The number of nitrogens with zero attached hydrogens (tertiary/aromatic N) is 2. The van der Waals surface area contributed by atoms with Crippen LogP contribution in [0.3, 0.4) is 0 Å². The summed E-state index contributed by atoms with van der Waals surface area (Å²) in [6.07, 6.45) is 4.76. The van der Waals surface area contributed by atoms with Crippen molar-refractivity contribution in [2.45, 2.75) is 37.8 Å². The molecular formula is C16H21BrN2O. The van der Waals surface area contributed by atoms with Crippen molar-refractivity contribution in [1.29, 1.82) is 0 Å². The van der Waals surface area contributed by atoms with Crippen LogP contribution in [0.4, 0.5) is 0 Å². The van der Waals surface area contributed by atoms with E-state index >= 15 is 0 Å². The molecule has 1 aromatic rings. The molecule has 0 radical (unpaired) electrons. The molecule has 0 saturated carbocycles. The lowest BCUT2D eigenvalue weighted by Gasteiger charge is -2.33. The van der Waals surface area contributed by atoms with Crippen LogP contribution in [-0.4, -0.2) is 47.9 Å². The highest BCUT2D eigenvalue weighted by Crippen LogP contribution is 2.31. The van der Waals surface area contributed by atoms with Crippen LogP contribution in [-0.2, 0) is 0 Å². The Labute approximate surface area is 129 Å². The Hall–Kier alpha value is -0.870. The molecule has 3 rings (SSSR count). The number of benzene rings is 1. The zero-order chi connectivity index (χ0) is 14.1. The molecule has 2 aliphatic rings. The number of hydrogen-bond acceptors (Lipinski definition) is 2. The van der Waals surface area contributed by atoms with E-state index < -0.39 is 0 Å². The van der Waals surface area contributed by atoms with Crippen molar-refractivity contribution < 1.29 is 4.79 Å². The number of carbonyl (C=O) groups is 1. The standard InChI is InChI=1S/C16H21BrN2O/c1-18-10-4-8-14(18)15-9-5-11-19(15)16(20)12-6-2-3-7-13(12)17/h2-3,6-7,14-15H,4-5,8-11H2,1H3/t14-,15-/m1/s1. The van der Waals surface area contributed by atoms with Crippen LogP contribution in [0, 0.1) is 0 Å². The van der Waals surface area contributed by atoms with Crippen LogP contribution >= 0.6 is 15.9 Å². The second kappa shape index (κ2) is 5.86. The molecular weight excluding hydrogens is 316 g/mol. The van der Waals surface area contributed by atoms with E-state index in [0.717, 1.165) is 36.0 Å². The van der Waals surface area contributed by atoms with Crippen LogP contribution < -0.4 is 0 Å². The zero-order valence-corrected chi connectivity index (χ0v) is 13.5. The minimum absolute atomic E-state index is 0.181. The topological polar surface area (TPSA) is 23.6 Å². The third kappa shape index (κ3) is 2.51. The van der Waals surface area contributed by atoms with Gasteiger partial charge in [-0.05, 0) is 67.3 Å². The minimum atomic E-state index is 0.181. The summed E-state index contributed by atoms with van der Waals surface area (Å²) < 4.78 is 0.899. The molecule has 2 heterocycles. The highest BCUT2D eigenvalue weighted by molar-refractivity contribution is 9.10. The predicted octanol–water partition coefficient (Wildman–Crippen LogP) is 3.15. The Morgan fingerprint density at radius 1 is 1.15 bits per heavy atom. The highest BCUT2D eigenvalue weighted by Gasteiger charge is 2.38. The van der Waals surface area contributed by atoms with Crippen LogP contribution in [0.25, 0.3) is 0 Å². The van der Waals surface area contributed by atoms with E-state index in [0.29, 0.717) is 12.1 Å². The molecule has 2 saturated heterocycles. The van der Waals surface area contributed by atoms with Crippen LogP contribution in [0.2, 0.25) is 0 Å². The molecule has 1 amide bonds. The molecule has 108 valence electrons. The van der Waals surface area contributed by atoms with Gasteiger partial charge in [-0.2, -0.15) is 0 Å². The molecule has 0 aliphatic carbocycles. The Balaban J connectivity index is 1.82. The third-order valence-corrected chi connectivity index (χ3v) is 5.38. The first-order chi connectivity index (χ1) is 9.68. The van der Waals surface area contributed by atoms with Gasteiger partial charge in [-0.1, -0.05) is 12.1 Å². The van der Waals surface area contributed by atoms with Gasteiger partial charge in [-0.15, -0.1) is 0 Å². The summed E-state index contributed by atoms with van der Waals surface area (Å²) in [7, 11) is 2.19. The smallest absolute Gasteiger partial charge is 0.255 e. The summed E-state index contributed by atoms with van der Waals surface area (Å²) in [5.41, 5.74) is 0.792. The van der Waals surface area contributed by atoms with Crippen LogP contribution in [0.5, 0.6) is 0 Å². The molecule has 0 bridgehead atoms. The number of rotatable bonds is 2. The number of likely N-dealkylation sites (N-methyl/N-ethyl adjacent to an activating group) is 1. The quantitative estimate of drug-likeness (QED) is 0.828. The van der Waals surface area contributed by atoms with Gasteiger partial charge < -0.3 is 9.80 Å². The molecule has 4 heteroatoms.